The number of benzene rings is 2. The van der Waals surface area contributed by atoms with E-state index in [0.29, 0.717) is 6.61 Å². The summed E-state index contributed by atoms with van der Waals surface area (Å²) in [5.74, 6) is 1.82. The molecule has 1 fully saturated rings. The van der Waals surface area contributed by atoms with Crippen LogP contribution in [0.5, 0.6) is 11.5 Å². The highest BCUT2D eigenvalue weighted by atomic mass is 16.5. The summed E-state index contributed by atoms with van der Waals surface area (Å²) in [6.45, 7) is 4.24. The number of pyridine rings is 1. The molecule has 0 saturated heterocycles. The largest absolute Gasteiger partial charge is 0.487 e. The number of ether oxygens (including phenoxy) is 2. The summed E-state index contributed by atoms with van der Waals surface area (Å²) in [6.07, 6.45) is 9.43. The van der Waals surface area contributed by atoms with Gasteiger partial charge in [0.05, 0.1) is 6.10 Å². The second-order valence-electron chi connectivity index (χ2n) is 7.82. The molecule has 1 aromatic heterocycles. The molecule has 0 aliphatic heterocycles. The molecule has 4 rings (SSSR count). The first-order chi connectivity index (χ1) is 14.8. The predicted molar refractivity (Wildman–Crippen MR) is 121 cm³/mol. The maximum atomic E-state index is 6.41. The molecule has 1 aliphatic carbocycles. The van der Waals surface area contributed by atoms with E-state index in [1.54, 1.807) is 6.08 Å². The lowest BCUT2D eigenvalue weighted by molar-refractivity contribution is 0.198. The maximum absolute atomic E-state index is 6.41. The van der Waals surface area contributed by atoms with Crippen LogP contribution in [0.2, 0.25) is 0 Å². The van der Waals surface area contributed by atoms with Crippen LogP contribution >= 0.6 is 0 Å². The molecule has 1 atom stereocenters. The van der Waals surface area contributed by atoms with Gasteiger partial charge in [-0.3, -0.25) is 4.98 Å². The summed E-state index contributed by atoms with van der Waals surface area (Å²) >= 11 is 0. The van der Waals surface area contributed by atoms with E-state index in [2.05, 4.69) is 60.1 Å². The highest BCUT2D eigenvalue weighted by molar-refractivity contribution is 5.47. The molecule has 154 valence electrons. The van der Waals surface area contributed by atoms with E-state index in [-0.39, 0.29) is 12.0 Å². The van der Waals surface area contributed by atoms with Crippen LogP contribution in [0.1, 0.15) is 48.4 Å². The number of hydrogen-bond acceptors (Lipinski definition) is 3. The Morgan fingerprint density at radius 3 is 2.47 bits per heavy atom. The van der Waals surface area contributed by atoms with Crippen LogP contribution < -0.4 is 9.47 Å². The molecular weight excluding hydrogens is 370 g/mol. The van der Waals surface area contributed by atoms with Crippen molar-refractivity contribution < 1.29 is 9.47 Å². The van der Waals surface area contributed by atoms with E-state index in [0.717, 1.165) is 36.5 Å². The Labute approximate surface area is 179 Å². The zero-order chi connectivity index (χ0) is 20.6. The van der Waals surface area contributed by atoms with E-state index in [4.69, 9.17) is 9.47 Å². The Morgan fingerprint density at radius 1 is 0.933 bits per heavy atom. The van der Waals surface area contributed by atoms with Crippen molar-refractivity contribution in [2.45, 2.75) is 44.1 Å². The molecule has 1 heterocycles. The summed E-state index contributed by atoms with van der Waals surface area (Å²) in [7, 11) is 0. The minimum Gasteiger partial charge on any atom is -0.487 e. The molecule has 0 bridgehead atoms. The van der Waals surface area contributed by atoms with Gasteiger partial charge in [-0.1, -0.05) is 55.1 Å². The molecule has 3 aromatic rings. The van der Waals surface area contributed by atoms with Gasteiger partial charge >= 0.3 is 0 Å². The van der Waals surface area contributed by atoms with Gasteiger partial charge < -0.3 is 9.47 Å². The predicted octanol–water partition coefficient (Wildman–Crippen LogP) is 6.34. The number of aromatic nitrogens is 1. The average Bonchev–Trinajstić information content (AvgIpc) is 3.31. The van der Waals surface area contributed by atoms with E-state index >= 15 is 0 Å². The second kappa shape index (κ2) is 10.1. The van der Waals surface area contributed by atoms with Gasteiger partial charge in [0.15, 0.2) is 11.5 Å². The molecule has 0 spiro atoms. The third-order valence-corrected chi connectivity index (χ3v) is 5.66. The molecule has 0 unspecified atom stereocenters. The Kier molecular flexibility index (Phi) is 6.81. The summed E-state index contributed by atoms with van der Waals surface area (Å²) in [5, 5.41) is 0. The van der Waals surface area contributed by atoms with Gasteiger partial charge in [0, 0.05) is 24.2 Å². The monoisotopic (exact) mass is 399 g/mol. The lowest BCUT2D eigenvalue weighted by atomic mass is 9.87. The number of hydrogen-bond donors (Lipinski definition) is 0. The SMILES string of the molecule is C=CCOc1ccc([C@H](Cc2ccccn2)c2ccccc2)cc1OC1CCCC1. The first-order valence-electron chi connectivity index (χ1n) is 10.8. The molecule has 0 radical (unpaired) electrons. The van der Waals surface area contributed by atoms with Crippen LogP contribution in [0.3, 0.4) is 0 Å². The van der Waals surface area contributed by atoms with Crippen molar-refractivity contribution in [2.75, 3.05) is 6.61 Å². The molecule has 3 nitrogen and oxygen atoms in total. The lowest BCUT2D eigenvalue weighted by Crippen LogP contribution is -2.13. The third-order valence-electron chi connectivity index (χ3n) is 5.66. The van der Waals surface area contributed by atoms with Gasteiger partial charge in [-0.15, -0.1) is 0 Å². The van der Waals surface area contributed by atoms with Crippen LogP contribution in [0.4, 0.5) is 0 Å². The number of nitrogens with zero attached hydrogens (tertiary/aromatic N) is 1. The lowest BCUT2D eigenvalue weighted by Gasteiger charge is -2.22. The van der Waals surface area contributed by atoms with Crippen molar-refractivity contribution in [3.05, 3.63) is 102 Å². The highest BCUT2D eigenvalue weighted by Crippen LogP contribution is 2.37. The van der Waals surface area contributed by atoms with Crippen molar-refractivity contribution in [3.8, 4) is 11.5 Å². The van der Waals surface area contributed by atoms with Gasteiger partial charge in [-0.05, 0) is 61.1 Å². The Balaban J connectivity index is 1.68. The number of rotatable bonds is 9. The first kappa shape index (κ1) is 20.2. The molecule has 1 aliphatic rings. The van der Waals surface area contributed by atoms with Gasteiger partial charge in [-0.25, -0.2) is 0 Å². The van der Waals surface area contributed by atoms with Crippen LogP contribution in [-0.4, -0.2) is 17.7 Å². The smallest absolute Gasteiger partial charge is 0.161 e. The Morgan fingerprint density at radius 2 is 1.73 bits per heavy atom. The zero-order valence-corrected chi connectivity index (χ0v) is 17.4. The Bertz CT molecular complexity index is 934. The van der Waals surface area contributed by atoms with Crippen molar-refractivity contribution in [2.24, 2.45) is 0 Å². The standard InChI is InChI=1S/C27H29NO2/c1-2-18-29-26-16-15-22(19-27(26)30-24-13-6-7-14-24)25(21-10-4-3-5-11-21)20-23-12-8-9-17-28-23/h2-5,8-12,15-17,19,24-25H,1,6-7,13-14,18,20H2/t25-/m1/s1. The van der Waals surface area contributed by atoms with Gasteiger partial charge in [0.25, 0.3) is 0 Å². The average molecular weight is 400 g/mol. The quantitative estimate of drug-likeness (QED) is 0.393. The fourth-order valence-corrected chi connectivity index (χ4v) is 4.13. The molecule has 1 saturated carbocycles. The Hall–Kier alpha value is -3.07. The fraction of sp³-hybridized carbons (Fsp3) is 0.296. The van der Waals surface area contributed by atoms with E-state index < -0.39 is 0 Å². The van der Waals surface area contributed by atoms with E-state index in [1.165, 1.54) is 24.0 Å². The maximum Gasteiger partial charge on any atom is 0.161 e. The van der Waals surface area contributed by atoms with Gasteiger partial charge in [0.2, 0.25) is 0 Å². The summed E-state index contributed by atoms with van der Waals surface area (Å²) in [5.41, 5.74) is 3.57. The van der Waals surface area contributed by atoms with Crippen LogP contribution in [0, 0.1) is 0 Å². The molecular formula is C27H29NO2. The van der Waals surface area contributed by atoms with Crippen molar-refractivity contribution in [3.63, 3.8) is 0 Å². The fourth-order valence-electron chi connectivity index (χ4n) is 4.13. The summed E-state index contributed by atoms with van der Waals surface area (Å²) < 4.78 is 12.3. The first-order valence-corrected chi connectivity index (χ1v) is 10.8. The minimum atomic E-state index is 0.195. The van der Waals surface area contributed by atoms with Crippen molar-refractivity contribution in [1.82, 2.24) is 4.98 Å². The molecule has 2 aromatic carbocycles. The van der Waals surface area contributed by atoms with Crippen LogP contribution in [0.25, 0.3) is 0 Å². The van der Waals surface area contributed by atoms with Crippen molar-refractivity contribution >= 4 is 0 Å². The molecule has 0 amide bonds. The van der Waals surface area contributed by atoms with E-state index in [9.17, 15) is 0 Å². The summed E-state index contributed by atoms with van der Waals surface area (Å²) in [4.78, 5) is 4.57. The topological polar surface area (TPSA) is 31.4 Å². The molecule has 0 N–H and O–H groups in total. The van der Waals surface area contributed by atoms with Crippen LogP contribution in [0.15, 0.2) is 85.6 Å². The summed E-state index contributed by atoms with van der Waals surface area (Å²) in [6, 6.07) is 23.1. The second-order valence-corrected chi connectivity index (χ2v) is 7.82. The third kappa shape index (κ3) is 5.10. The van der Waals surface area contributed by atoms with E-state index in [1.807, 2.05) is 24.4 Å². The molecule has 3 heteroatoms. The van der Waals surface area contributed by atoms with Crippen molar-refractivity contribution in [1.29, 1.82) is 0 Å². The van der Waals surface area contributed by atoms with Gasteiger partial charge in [-0.2, -0.15) is 0 Å². The van der Waals surface area contributed by atoms with Gasteiger partial charge in [0.1, 0.15) is 6.61 Å². The normalized spacial score (nSPS) is 14.9. The van der Waals surface area contributed by atoms with Crippen LogP contribution in [-0.2, 0) is 6.42 Å². The zero-order valence-electron chi connectivity index (χ0n) is 17.4. The highest BCUT2D eigenvalue weighted by Gasteiger charge is 2.21. The minimum absolute atomic E-state index is 0.195. The molecule has 30 heavy (non-hydrogen) atoms.